The smallest absolute Gasteiger partial charge is 0.417 e. The first-order valence-electron chi connectivity index (χ1n) is 8.30. The summed E-state index contributed by atoms with van der Waals surface area (Å²) in [6, 6.07) is 8.41. The van der Waals surface area contributed by atoms with E-state index in [1.165, 1.54) is 6.07 Å². The largest absolute Gasteiger partial charge is 0.457 e. The van der Waals surface area contributed by atoms with Gasteiger partial charge in [0.15, 0.2) is 0 Å². The van der Waals surface area contributed by atoms with Crippen molar-refractivity contribution in [1.29, 1.82) is 5.26 Å². The molecule has 0 amide bonds. The van der Waals surface area contributed by atoms with E-state index in [4.69, 9.17) is 10.00 Å². The molecule has 0 bridgehead atoms. The first-order chi connectivity index (χ1) is 12.7. The molecule has 0 unspecified atom stereocenters. The average molecular weight is 375 g/mol. The van der Waals surface area contributed by atoms with Crippen LogP contribution in [0.2, 0.25) is 0 Å². The molecule has 0 aliphatic rings. The van der Waals surface area contributed by atoms with Crippen molar-refractivity contribution >= 4 is 12.0 Å². The summed E-state index contributed by atoms with van der Waals surface area (Å²) >= 11 is 0. The fourth-order valence-corrected chi connectivity index (χ4v) is 2.31. The topological polar surface area (TPSA) is 48.6 Å². The highest BCUT2D eigenvalue weighted by molar-refractivity contribution is 5.64. The van der Waals surface area contributed by atoms with Gasteiger partial charge in [0.2, 0.25) is 0 Å². The molecular formula is C20H20F3N3O. The number of nitriles is 1. The molecule has 2 aromatic rings. The van der Waals surface area contributed by atoms with Crippen LogP contribution in [-0.4, -0.2) is 24.8 Å². The van der Waals surface area contributed by atoms with Gasteiger partial charge in [-0.25, -0.2) is 4.99 Å². The van der Waals surface area contributed by atoms with Crippen LogP contribution >= 0.6 is 0 Å². The number of hydrogen-bond acceptors (Lipinski definition) is 3. The average Bonchev–Trinajstić information content (AvgIpc) is 2.62. The molecule has 0 atom stereocenters. The molecule has 0 saturated heterocycles. The number of halogens is 3. The summed E-state index contributed by atoms with van der Waals surface area (Å²) in [4.78, 5) is 6.34. The van der Waals surface area contributed by atoms with Gasteiger partial charge >= 0.3 is 6.18 Å². The highest BCUT2D eigenvalue weighted by Gasteiger charge is 2.34. The van der Waals surface area contributed by atoms with E-state index in [-0.39, 0.29) is 5.75 Å². The highest BCUT2D eigenvalue weighted by atomic mass is 19.4. The number of aryl methyl sites for hydroxylation is 2. The van der Waals surface area contributed by atoms with Gasteiger partial charge in [-0.1, -0.05) is 0 Å². The van der Waals surface area contributed by atoms with Crippen molar-refractivity contribution in [3.05, 3.63) is 52.6 Å². The molecular weight excluding hydrogens is 355 g/mol. The number of ether oxygens (including phenoxy) is 1. The standard InChI is InChI=1S/C20H20F3N3O/c1-5-26(4)12-25-18-8-14(3)19(9-13(18)2)27-16-7-6-15(11-24)17(10-16)20(21,22)23/h6-10,12H,5H2,1-4H3. The molecule has 142 valence electrons. The van der Waals surface area contributed by atoms with Crippen molar-refractivity contribution in [3.8, 4) is 17.6 Å². The third-order valence-electron chi connectivity index (χ3n) is 4.03. The number of aliphatic imine (C=N–C) groups is 1. The summed E-state index contributed by atoms with van der Waals surface area (Å²) in [5.41, 5.74) is 0.884. The molecule has 0 aromatic heterocycles. The van der Waals surface area contributed by atoms with Crippen molar-refractivity contribution in [2.24, 2.45) is 4.99 Å². The number of alkyl halides is 3. The summed E-state index contributed by atoms with van der Waals surface area (Å²) in [5.74, 6) is 0.457. The molecule has 27 heavy (non-hydrogen) atoms. The van der Waals surface area contributed by atoms with Crippen LogP contribution in [0.5, 0.6) is 11.5 Å². The van der Waals surface area contributed by atoms with Gasteiger partial charge in [0.05, 0.1) is 29.2 Å². The molecule has 0 saturated carbocycles. The van der Waals surface area contributed by atoms with Crippen LogP contribution in [0.15, 0.2) is 35.3 Å². The zero-order valence-electron chi connectivity index (χ0n) is 15.6. The SMILES string of the molecule is CCN(C)C=Nc1cc(C)c(Oc2ccc(C#N)c(C(F)(F)F)c2)cc1C. The summed E-state index contributed by atoms with van der Waals surface area (Å²) in [6.07, 6.45) is -2.90. The molecule has 0 aliphatic carbocycles. The van der Waals surface area contributed by atoms with Crippen LogP contribution in [0.3, 0.4) is 0 Å². The van der Waals surface area contributed by atoms with Crippen LogP contribution < -0.4 is 4.74 Å². The third kappa shape index (κ3) is 5.00. The Bertz CT molecular complexity index is 899. The van der Waals surface area contributed by atoms with Crippen molar-refractivity contribution in [1.82, 2.24) is 4.90 Å². The second kappa shape index (κ2) is 8.12. The van der Waals surface area contributed by atoms with Gasteiger partial charge in [-0.3, -0.25) is 0 Å². The Balaban J connectivity index is 2.35. The molecule has 4 nitrogen and oxygen atoms in total. The Morgan fingerprint density at radius 2 is 1.89 bits per heavy atom. The molecule has 0 fully saturated rings. The van der Waals surface area contributed by atoms with E-state index in [0.717, 1.165) is 35.5 Å². The van der Waals surface area contributed by atoms with E-state index in [2.05, 4.69) is 4.99 Å². The highest BCUT2D eigenvalue weighted by Crippen LogP contribution is 2.37. The Hall–Kier alpha value is -3.01. The fourth-order valence-electron chi connectivity index (χ4n) is 2.31. The van der Waals surface area contributed by atoms with Gasteiger partial charge in [0.1, 0.15) is 11.5 Å². The van der Waals surface area contributed by atoms with Gasteiger partial charge in [0, 0.05) is 13.6 Å². The van der Waals surface area contributed by atoms with Gasteiger partial charge < -0.3 is 9.64 Å². The van der Waals surface area contributed by atoms with E-state index in [0.29, 0.717) is 5.75 Å². The first kappa shape index (κ1) is 20.3. The normalized spacial score (nSPS) is 11.5. The minimum atomic E-state index is -4.63. The van der Waals surface area contributed by atoms with E-state index in [1.54, 1.807) is 25.4 Å². The fraction of sp³-hybridized carbons (Fsp3) is 0.300. The summed E-state index contributed by atoms with van der Waals surface area (Å²) < 4.78 is 45.0. The van der Waals surface area contributed by atoms with E-state index >= 15 is 0 Å². The van der Waals surface area contributed by atoms with Crippen LogP contribution in [-0.2, 0) is 6.18 Å². The molecule has 0 N–H and O–H groups in total. The maximum atomic E-state index is 13.1. The Kier molecular flexibility index (Phi) is 6.11. The van der Waals surface area contributed by atoms with Crippen LogP contribution in [0.25, 0.3) is 0 Å². The monoisotopic (exact) mass is 375 g/mol. The van der Waals surface area contributed by atoms with E-state index < -0.39 is 17.3 Å². The minimum Gasteiger partial charge on any atom is -0.457 e. The van der Waals surface area contributed by atoms with Crippen molar-refractivity contribution in [2.75, 3.05) is 13.6 Å². The lowest BCUT2D eigenvalue weighted by atomic mass is 10.1. The first-order valence-corrected chi connectivity index (χ1v) is 8.30. The van der Waals surface area contributed by atoms with Crippen molar-refractivity contribution < 1.29 is 17.9 Å². The van der Waals surface area contributed by atoms with Crippen molar-refractivity contribution in [3.63, 3.8) is 0 Å². The van der Waals surface area contributed by atoms with E-state index in [9.17, 15) is 13.2 Å². The lowest BCUT2D eigenvalue weighted by Gasteiger charge is -2.14. The van der Waals surface area contributed by atoms with Gasteiger partial charge in [-0.05, 0) is 62.2 Å². The maximum Gasteiger partial charge on any atom is 0.417 e. The minimum absolute atomic E-state index is 0.0193. The second-order valence-corrected chi connectivity index (χ2v) is 6.14. The third-order valence-corrected chi connectivity index (χ3v) is 4.03. The lowest BCUT2D eigenvalue weighted by molar-refractivity contribution is -0.137. The molecule has 0 heterocycles. The van der Waals surface area contributed by atoms with Crippen molar-refractivity contribution in [2.45, 2.75) is 26.9 Å². The number of benzene rings is 2. The second-order valence-electron chi connectivity index (χ2n) is 6.14. The number of rotatable bonds is 5. The van der Waals surface area contributed by atoms with Crippen LogP contribution in [0.1, 0.15) is 29.2 Å². The predicted molar refractivity (Wildman–Crippen MR) is 98.6 cm³/mol. The van der Waals surface area contributed by atoms with Crippen LogP contribution in [0, 0.1) is 25.2 Å². The molecule has 2 aromatic carbocycles. The Morgan fingerprint density at radius 3 is 2.48 bits per heavy atom. The predicted octanol–water partition coefficient (Wildman–Crippen LogP) is 5.60. The van der Waals surface area contributed by atoms with Gasteiger partial charge in [0.25, 0.3) is 0 Å². The zero-order valence-corrected chi connectivity index (χ0v) is 15.6. The summed E-state index contributed by atoms with van der Waals surface area (Å²) in [5, 5.41) is 8.87. The Labute approximate surface area is 156 Å². The Morgan fingerprint density at radius 1 is 1.19 bits per heavy atom. The quantitative estimate of drug-likeness (QED) is 0.505. The molecule has 0 aliphatic heterocycles. The zero-order chi connectivity index (χ0) is 20.2. The summed E-state index contributed by atoms with van der Waals surface area (Å²) in [7, 11) is 1.91. The van der Waals surface area contributed by atoms with Gasteiger partial charge in [-0.15, -0.1) is 0 Å². The molecule has 0 radical (unpaired) electrons. The maximum absolute atomic E-state index is 13.1. The molecule has 2 rings (SSSR count). The molecule has 7 heteroatoms. The van der Waals surface area contributed by atoms with Crippen LogP contribution in [0.4, 0.5) is 18.9 Å². The number of nitrogens with zero attached hydrogens (tertiary/aromatic N) is 3. The van der Waals surface area contributed by atoms with E-state index in [1.807, 2.05) is 31.9 Å². The van der Waals surface area contributed by atoms with Gasteiger partial charge in [-0.2, -0.15) is 18.4 Å². The molecule has 0 spiro atoms. The number of hydrogen-bond donors (Lipinski definition) is 0. The summed E-state index contributed by atoms with van der Waals surface area (Å²) in [6.45, 7) is 6.48. The lowest BCUT2D eigenvalue weighted by Crippen LogP contribution is -2.14.